The quantitative estimate of drug-likeness (QED) is 0.805. The summed E-state index contributed by atoms with van der Waals surface area (Å²) in [6, 6.07) is 21.3. The Morgan fingerprint density at radius 1 is 0.963 bits per heavy atom. The number of carbonyl (C=O) groups excluding carboxylic acids is 1. The first-order chi connectivity index (χ1) is 13.1. The van der Waals surface area contributed by atoms with Crippen LogP contribution in [-0.2, 0) is 17.6 Å². The molecule has 1 amide bonds. The van der Waals surface area contributed by atoms with Gasteiger partial charge in [0.15, 0.2) is 0 Å². The Hall–Kier alpha value is -2.13. The summed E-state index contributed by atoms with van der Waals surface area (Å²) >= 11 is 0. The van der Waals surface area contributed by atoms with Gasteiger partial charge < -0.3 is 10.6 Å². The topological polar surface area (TPSA) is 46.3 Å². The zero-order valence-electron chi connectivity index (χ0n) is 16.4. The summed E-state index contributed by atoms with van der Waals surface area (Å²) in [5.41, 5.74) is 8.65. The molecule has 1 heterocycles. The van der Waals surface area contributed by atoms with E-state index in [0.717, 1.165) is 38.8 Å². The number of benzene rings is 2. The van der Waals surface area contributed by atoms with Crippen LogP contribution >= 0.6 is 0 Å². The van der Waals surface area contributed by atoms with Gasteiger partial charge in [0.25, 0.3) is 0 Å². The number of hydrogen-bond acceptors (Lipinski definition) is 2. The lowest BCUT2D eigenvalue weighted by molar-refractivity contribution is -0.133. The largest absolute Gasteiger partial charge is 0.343 e. The van der Waals surface area contributed by atoms with Crippen molar-refractivity contribution in [3.8, 4) is 0 Å². The van der Waals surface area contributed by atoms with Crippen molar-refractivity contribution >= 4 is 5.91 Å². The molecule has 1 fully saturated rings. The zero-order chi connectivity index (χ0) is 19.1. The van der Waals surface area contributed by atoms with E-state index >= 15 is 0 Å². The smallest absolute Gasteiger partial charge is 0.222 e. The third-order valence-electron chi connectivity index (χ3n) is 5.83. The van der Waals surface area contributed by atoms with E-state index in [9.17, 15) is 4.79 Å². The van der Waals surface area contributed by atoms with Crippen LogP contribution in [0.3, 0.4) is 0 Å². The lowest BCUT2D eigenvalue weighted by atomic mass is 9.88. The van der Waals surface area contributed by atoms with Crippen molar-refractivity contribution in [2.24, 2.45) is 17.6 Å². The van der Waals surface area contributed by atoms with Gasteiger partial charge in [-0.15, -0.1) is 0 Å². The van der Waals surface area contributed by atoms with Gasteiger partial charge in [-0.3, -0.25) is 4.79 Å². The van der Waals surface area contributed by atoms with Gasteiger partial charge in [-0.25, -0.2) is 0 Å². The molecule has 0 radical (unpaired) electrons. The summed E-state index contributed by atoms with van der Waals surface area (Å²) in [4.78, 5) is 15.0. The minimum Gasteiger partial charge on any atom is -0.343 e. The first kappa shape index (κ1) is 19.6. The number of carbonyl (C=O) groups is 1. The third kappa shape index (κ3) is 5.93. The van der Waals surface area contributed by atoms with E-state index in [4.69, 9.17) is 5.73 Å². The van der Waals surface area contributed by atoms with Crippen molar-refractivity contribution in [2.75, 3.05) is 13.1 Å². The van der Waals surface area contributed by atoms with E-state index in [1.165, 1.54) is 11.1 Å². The minimum absolute atomic E-state index is 0.228. The van der Waals surface area contributed by atoms with Crippen molar-refractivity contribution in [3.63, 3.8) is 0 Å². The van der Waals surface area contributed by atoms with Gasteiger partial charge in [-0.05, 0) is 55.6 Å². The van der Waals surface area contributed by atoms with Gasteiger partial charge in [0.2, 0.25) is 5.91 Å². The molecule has 0 saturated carbocycles. The number of nitrogens with zero attached hydrogens (tertiary/aromatic N) is 1. The van der Waals surface area contributed by atoms with Crippen molar-refractivity contribution in [1.29, 1.82) is 0 Å². The second kappa shape index (κ2) is 9.70. The van der Waals surface area contributed by atoms with Crippen LogP contribution in [-0.4, -0.2) is 29.9 Å². The highest BCUT2D eigenvalue weighted by Gasteiger charge is 2.26. The molecule has 2 aromatic rings. The molecule has 27 heavy (non-hydrogen) atoms. The van der Waals surface area contributed by atoms with Crippen LogP contribution in [0.4, 0.5) is 0 Å². The Labute approximate surface area is 163 Å². The van der Waals surface area contributed by atoms with Gasteiger partial charge in [0, 0.05) is 25.6 Å². The molecule has 3 heteroatoms. The molecule has 1 unspecified atom stereocenters. The molecule has 1 saturated heterocycles. The molecule has 1 aliphatic heterocycles. The second-order valence-corrected chi connectivity index (χ2v) is 8.03. The maximum absolute atomic E-state index is 13.0. The lowest BCUT2D eigenvalue weighted by Crippen LogP contribution is -2.43. The average Bonchev–Trinajstić information content (AvgIpc) is 2.69. The predicted molar refractivity (Wildman–Crippen MR) is 111 cm³/mol. The van der Waals surface area contributed by atoms with E-state index in [1.807, 2.05) is 12.1 Å². The van der Waals surface area contributed by atoms with Crippen LogP contribution in [0, 0.1) is 11.8 Å². The van der Waals surface area contributed by atoms with Crippen LogP contribution < -0.4 is 5.73 Å². The zero-order valence-corrected chi connectivity index (χ0v) is 16.4. The lowest BCUT2D eigenvalue weighted by Gasteiger charge is -2.34. The Morgan fingerprint density at radius 3 is 1.89 bits per heavy atom. The van der Waals surface area contributed by atoms with Crippen LogP contribution in [0.15, 0.2) is 60.7 Å². The van der Waals surface area contributed by atoms with Crippen molar-refractivity contribution in [2.45, 2.75) is 45.1 Å². The van der Waals surface area contributed by atoms with E-state index < -0.39 is 0 Å². The summed E-state index contributed by atoms with van der Waals surface area (Å²) in [7, 11) is 0. The van der Waals surface area contributed by atoms with Gasteiger partial charge in [0.1, 0.15) is 0 Å². The fourth-order valence-corrected chi connectivity index (χ4v) is 4.16. The van der Waals surface area contributed by atoms with Gasteiger partial charge >= 0.3 is 0 Å². The summed E-state index contributed by atoms with van der Waals surface area (Å²) in [6.07, 6.45) is 4.57. The first-order valence-corrected chi connectivity index (χ1v) is 10.2. The minimum atomic E-state index is 0.228. The van der Waals surface area contributed by atoms with Crippen molar-refractivity contribution < 1.29 is 4.79 Å². The molecular formula is C24H32N2O. The van der Waals surface area contributed by atoms with E-state index in [2.05, 4.69) is 60.4 Å². The fourth-order valence-electron chi connectivity index (χ4n) is 4.16. The average molecular weight is 365 g/mol. The molecule has 2 aromatic carbocycles. The molecule has 0 spiro atoms. The Kier molecular flexibility index (Phi) is 7.05. The van der Waals surface area contributed by atoms with E-state index in [-0.39, 0.29) is 6.04 Å². The normalized spacial score (nSPS) is 16.5. The molecule has 1 aliphatic rings. The van der Waals surface area contributed by atoms with Gasteiger partial charge in [-0.1, -0.05) is 60.7 Å². The fraction of sp³-hybridized carbons (Fsp3) is 0.458. The Morgan fingerprint density at radius 2 is 1.44 bits per heavy atom. The molecule has 3 rings (SSSR count). The van der Waals surface area contributed by atoms with E-state index in [0.29, 0.717) is 24.2 Å². The highest BCUT2D eigenvalue weighted by Crippen LogP contribution is 2.23. The van der Waals surface area contributed by atoms with Gasteiger partial charge in [-0.2, -0.15) is 0 Å². The summed E-state index contributed by atoms with van der Waals surface area (Å²) in [6.45, 7) is 3.79. The summed E-state index contributed by atoms with van der Waals surface area (Å²) in [5.74, 6) is 1.18. The highest BCUT2D eigenvalue weighted by atomic mass is 16.2. The number of hydrogen-bond donors (Lipinski definition) is 1. The molecule has 1 atom stereocenters. The number of likely N-dealkylation sites (tertiary alicyclic amines) is 1. The van der Waals surface area contributed by atoms with E-state index in [1.54, 1.807) is 0 Å². The Balaban J connectivity index is 1.62. The molecule has 0 aromatic heterocycles. The maximum Gasteiger partial charge on any atom is 0.222 e. The molecule has 0 bridgehead atoms. The van der Waals surface area contributed by atoms with Gasteiger partial charge in [0.05, 0.1) is 0 Å². The van der Waals surface area contributed by atoms with Crippen LogP contribution in [0.5, 0.6) is 0 Å². The summed E-state index contributed by atoms with van der Waals surface area (Å²) < 4.78 is 0. The number of rotatable bonds is 7. The second-order valence-electron chi connectivity index (χ2n) is 8.03. The predicted octanol–water partition coefficient (Wildman–Crippen LogP) is 4.06. The number of amides is 1. The highest BCUT2D eigenvalue weighted by molar-refractivity contribution is 5.76. The maximum atomic E-state index is 13.0. The standard InChI is InChI=1S/C24H32N2O/c1-19(25)23-12-14-26(15-13-23)24(27)18-22(16-20-8-4-2-5-9-20)17-21-10-6-3-7-11-21/h2-11,19,22-23H,12-18,25H2,1H3. The number of nitrogens with two attached hydrogens (primary N) is 1. The van der Waals surface area contributed by atoms with Crippen LogP contribution in [0.25, 0.3) is 0 Å². The van der Waals surface area contributed by atoms with Crippen LogP contribution in [0.1, 0.15) is 37.3 Å². The monoisotopic (exact) mass is 364 g/mol. The molecule has 2 N–H and O–H groups in total. The molecule has 0 aliphatic carbocycles. The number of piperidine rings is 1. The van der Waals surface area contributed by atoms with Crippen molar-refractivity contribution in [3.05, 3.63) is 71.8 Å². The third-order valence-corrected chi connectivity index (χ3v) is 5.83. The molecule has 144 valence electrons. The molecular weight excluding hydrogens is 332 g/mol. The van der Waals surface area contributed by atoms with Crippen molar-refractivity contribution in [1.82, 2.24) is 4.90 Å². The first-order valence-electron chi connectivity index (χ1n) is 10.2. The summed E-state index contributed by atoms with van der Waals surface area (Å²) in [5, 5.41) is 0. The SMILES string of the molecule is CC(N)C1CCN(C(=O)CC(Cc2ccccc2)Cc2ccccc2)CC1. The van der Waals surface area contributed by atoms with Crippen LogP contribution in [0.2, 0.25) is 0 Å². The Bertz CT molecular complexity index is 649. The molecule has 3 nitrogen and oxygen atoms in total.